The molecule has 0 N–H and O–H groups in total. The Balaban J connectivity index is 1.80. The number of hydrogen-bond acceptors (Lipinski definition) is 8. The SMILES string of the molecule is COC(=O)c1cc2c(cc1C(=O)OC)OC1(CO2)CN(C(=O)OC(C)(C)C)C1. The number of likely N-dealkylation sites (tertiary alicyclic amines) is 1. The number of amides is 1. The van der Waals surface area contributed by atoms with E-state index in [-0.39, 0.29) is 30.8 Å². The quantitative estimate of drug-likeness (QED) is 0.556. The molecule has 0 aliphatic carbocycles. The topological polar surface area (TPSA) is 101 Å². The number of benzene rings is 1. The van der Waals surface area contributed by atoms with E-state index in [1.54, 1.807) is 20.8 Å². The Bertz CT molecular complexity index is 820. The van der Waals surface area contributed by atoms with Crippen LogP contribution in [-0.2, 0) is 14.2 Å². The van der Waals surface area contributed by atoms with Crippen LogP contribution in [0.15, 0.2) is 12.1 Å². The van der Waals surface area contributed by atoms with Crippen LogP contribution < -0.4 is 9.47 Å². The second kappa shape index (κ2) is 6.88. The lowest BCUT2D eigenvalue weighted by Crippen LogP contribution is -2.70. The first-order valence-electron chi connectivity index (χ1n) is 8.72. The third-order valence-electron chi connectivity index (χ3n) is 4.32. The largest absolute Gasteiger partial charge is 0.485 e. The van der Waals surface area contributed by atoms with Crippen molar-refractivity contribution >= 4 is 18.0 Å². The van der Waals surface area contributed by atoms with Gasteiger partial charge in [0.1, 0.15) is 12.2 Å². The number of nitrogens with zero attached hydrogens (tertiary/aromatic N) is 1. The number of fused-ring (bicyclic) bond motifs is 1. The summed E-state index contributed by atoms with van der Waals surface area (Å²) in [4.78, 5) is 37.7. The normalized spacial score (nSPS) is 16.8. The molecule has 0 aromatic heterocycles. The number of carbonyl (C=O) groups is 3. The number of rotatable bonds is 2. The summed E-state index contributed by atoms with van der Waals surface area (Å²) in [5.74, 6) is -0.778. The monoisotopic (exact) mass is 393 g/mol. The van der Waals surface area contributed by atoms with Crippen molar-refractivity contribution < 1.29 is 38.1 Å². The van der Waals surface area contributed by atoms with E-state index >= 15 is 0 Å². The zero-order chi connectivity index (χ0) is 20.7. The molecule has 0 radical (unpaired) electrons. The summed E-state index contributed by atoms with van der Waals surface area (Å²) < 4.78 is 26.6. The lowest BCUT2D eigenvalue weighted by Gasteiger charge is -2.50. The number of methoxy groups -OCH3 is 2. The highest BCUT2D eigenvalue weighted by atomic mass is 16.6. The zero-order valence-corrected chi connectivity index (χ0v) is 16.5. The van der Waals surface area contributed by atoms with Gasteiger partial charge in [0.05, 0.1) is 38.4 Å². The number of esters is 2. The Morgan fingerprint density at radius 2 is 1.54 bits per heavy atom. The molecule has 3 rings (SSSR count). The highest BCUT2D eigenvalue weighted by Crippen LogP contribution is 2.41. The summed E-state index contributed by atoms with van der Waals surface area (Å²) in [6.45, 7) is 6.15. The van der Waals surface area contributed by atoms with Gasteiger partial charge in [0.15, 0.2) is 17.1 Å². The number of carbonyl (C=O) groups excluding carboxylic acids is 3. The molecule has 2 aliphatic rings. The van der Waals surface area contributed by atoms with E-state index in [0.717, 1.165) is 0 Å². The van der Waals surface area contributed by atoms with Gasteiger partial charge in [-0.05, 0) is 32.9 Å². The van der Waals surface area contributed by atoms with Crippen LogP contribution in [0.25, 0.3) is 0 Å². The maximum atomic E-state index is 12.1. The molecule has 9 nitrogen and oxygen atoms in total. The molecule has 152 valence electrons. The molecule has 1 spiro atoms. The Hall–Kier alpha value is -2.97. The van der Waals surface area contributed by atoms with E-state index in [4.69, 9.17) is 23.7 Å². The van der Waals surface area contributed by atoms with Gasteiger partial charge in [-0.1, -0.05) is 0 Å². The first kappa shape index (κ1) is 19.8. The molecule has 1 fully saturated rings. The first-order valence-corrected chi connectivity index (χ1v) is 8.72. The Labute approximate surface area is 162 Å². The van der Waals surface area contributed by atoms with Crippen molar-refractivity contribution in [2.24, 2.45) is 0 Å². The van der Waals surface area contributed by atoms with Crippen molar-refractivity contribution in [3.05, 3.63) is 23.3 Å². The summed E-state index contributed by atoms with van der Waals surface area (Å²) in [6.07, 6.45) is -0.427. The summed E-state index contributed by atoms with van der Waals surface area (Å²) in [5.41, 5.74) is -1.28. The summed E-state index contributed by atoms with van der Waals surface area (Å²) >= 11 is 0. The smallest absolute Gasteiger partial charge is 0.410 e. The van der Waals surface area contributed by atoms with E-state index in [9.17, 15) is 14.4 Å². The van der Waals surface area contributed by atoms with Crippen LogP contribution in [0.2, 0.25) is 0 Å². The van der Waals surface area contributed by atoms with Gasteiger partial charge >= 0.3 is 18.0 Å². The minimum Gasteiger partial charge on any atom is -0.485 e. The molecule has 0 unspecified atom stereocenters. The van der Waals surface area contributed by atoms with Gasteiger partial charge in [0.25, 0.3) is 0 Å². The molecule has 0 atom stereocenters. The lowest BCUT2D eigenvalue weighted by molar-refractivity contribution is -0.114. The molecule has 2 heterocycles. The molecule has 1 aromatic rings. The van der Waals surface area contributed by atoms with Crippen LogP contribution >= 0.6 is 0 Å². The highest BCUT2D eigenvalue weighted by Gasteiger charge is 2.52. The summed E-state index contributed by atoms with van der Waals surface area (Å²) in [6, 6.07) is 2.79. The molecule has 1 saturated heterocycles. The van der Waals surface area contributed by atoms with Crippen molar-refractivity contribution in [1.29, 1.82) is 0 Å². The second-order valence-electron chi connectivity index (χ2n) is 7.74. The van der Waals surface area contributed by atoms with Crippen LogP contribution in [0, 0.1) is 0 Å². The van der Waals surface area contributed by atoms with Crippen molar-refractivity contribution in [2.75, 3.05) is 33.9 Å². The first-order chi connectivity index (χ1) is 13.1. The number of hydrogen-bond donors (Lipinski definition) is 0. The standard InChI is InChI=1S/C19H23NO8/c1-18(2,3)28-17(23)20-8-19(9-20)10-26-13-6-11(15(21)24-4)12(16(22)25-5)7-14(13)27-19/h6-7H,8-10H2,1-5H3. The molecule has 1 aromatic carbocycles. The zero-order valence-electron chi connectivity index (χ0n) is 16.5. The molecule has 2 aliphatic heterocycles. The molecule has 28 heavy (non-hydrogen) atoms. The average molecular weight is 393 g/mol. The van der Waals surface area contributed by atoms with Gasteiger partial charge in [-0.25, -0.2) is 14.4 Å². The van der Waals surface area contributed by atoms with Crippen molar-refractivity contribution in [3.8, 4) is 11.5 Å². The molecule has 0 saturated carbocycles. The lowest BCUT2D eigenvalue weighted by atomic mass is 9.93. The van der Waals surface area contributed by atoms with E-state index in [2.05, 4.69) is 0 Å². The van der Waals surface area contributed by atoms with E-state index < -0.39 is 29.2 Å². The predicted octanol–water partition coefficient (Wildman–Crippen LogP) is 2.02. The molecular formula is C19H23NO8. The Kier molecular flexibility index (Phi) is 4.86. The number of ether oxygens (including phenoxy) is 5. The van der Waals surface area contributed by atoms with Crippen LogP contribution in [0.3, 0.4) is 0 Å². The van der Waals surface area contributed by atoms with Crippen LogP contribution in [0.5, 0.6) is 11.5 Å². The highest BCUT2D eigenvalue weighted by molar-refractivity contribution is 6.04. The van der Waals surface area contributed by atoms with Crippen molar-refractivity contribution in [3.63, 3.8) is 0 Å². The predicted molar refractivity (Wildman–Crippen MR) is 95.8 cm³/mol. The van der Waals surface area contributed by atoms with Gasteiger partial charge < -0.3 is 23.7 Å². The third kappa shape index (κ3) is 3.69. The van der Waals surface area contributed by atoms with Crippen LogP contribution in [0.1, 0.15) is 41.5 Å². The van der Waals surface area contributed by atoms with Gasteiger partial charge in [-0.15, -0.1) is 0 Å². The fraction of sp³-hybridized carbons (Fsp3) is 0.526. The van der Waals surface area contributed by atoms with Crippen LogP contribution in [-0.4, -0.2) is 68.0 Å². The summed E-state index contributed by atoms with van der Waals surface area (Å²) in [5, 5.41) is 0. The van der Waals surface area contributed by atoms with Crippen LogP contribution in [0.4, 0.5) is 4.79 Å². The average Bonchev–Trinajstić information content (AvgIpc) is 2.61. The van der Waals surface area contributed by atoms with E-state index in [1.807, 2.05) is 0 Å². The van der Waals surface area contributed by atoms with Crippen molar-refractivity contribution in [2.45, 2.75) is 32.0 Å². The van der Waals surface area contributed by atoms with Gasteiger partial charge in [-0.2, -0.15) is 0 Å². The minimum absolute atomic E-state index is 0.0112. The minimum atomic E-state index is -0.732. The maximum absolute atomic E-state index is 12.1. The van der Waals surface area contributed by atoms with Gasteiger partial charge in [0.2, 0.25) is 0 Å². The molecule has 0 bridgehead atoms. The molecule has 9 heteroatoms. The molecule has 1 amide bonds. The van der Waals surface area contributed by atoms with E-state index in [0.29, 0.717) is 11.5 Å². The maximum Gasteiger partial charge on any atom is 0.410 e. The fourth-order valence-electron chi connectivity index (χ4n) is 3.04. The fourth-order valence-corrected chi connectivity index (χ4v) is 3.04. The summed E-state index contributed by atoms with van der Waals surface area (Å²) in [7, 11) is 2.43. The Morgan fingerprint density at radius 1 is 1.00 bits per heavy atom. The Morgan fingerprint density at radius 3 is 2.04 bits per heavy atom. The van der Waals surface area contributed by atoms with Gasteiger partial charge in [-0.3, -0.25) is 4.90 Å². The van der Waals surface area contributed by atoms with Crippen molar-refractivity contribution in [1.82, 2.24) is 4.90 Å². The second-order valence-corrected chi connectivity index (χ2v) is 7.74. The molecular weight excluding hydrogens is 370 g/mol. The van der Waals surface area contributed by atoms with E-state index in [1.165, 1.54) is 31.3 Å². The third-order valence-corrected chi connectivity index (χ3v) is 4.32. The van der Waals surface area contributed by atoms with Gasteiger partial charge in [0, 0.05) is 0 Å².